The monoisotopic (exact) mass is 290 g/mol. The summed E-state index contributed by atoms with van der Waals surface area (Å²) in [5, 5.41) is 3.64. The fourth-order valence-electron chi connectivity index (χ4n) is 1.48. The largest absolute Gasteiger partial charge is 0.457 e. The third-order valence-electron chi connectivity index (χ3n) is 2.27. The summed E-state index contributed by atoms with van der Waals surface area (Å²) >= 11 is 0. The summed E-state index contributed by atoms with van der Waals surface area (Å²) in [7, 11) is -3.33. The van der Waals surface area contributed by atoms with Gasteiger partial charge in [-0.1, -0.05) is 30.3 Å². The Kier molecular flexibility index (Phi) is 4.37. The van der Waals surface area contributed by atoms with Crippen molar-refractivity contribution in [2.75, 3.05) is 6.26 Å². The van der Waals surface area contributed by atoms with Crippen LogP contribution in [0.3, 0.4) is 0 Å². The number of rotatable bonds is 5. The summed E-state index contributed by atoms with van der Waals surface area (Å²) in [6.07, 6.45) is 2.46. The molecule has 6 heteroatoms. The number of para-hydroxylation sites is 1. The molecule has 0 radical (unpaired) electrons. The highest BCUT2D eigenvalue weighted by Gasteiger charge is 1.98. The molecule has 2 rings (SSSR count). The number of ether oxygens (including phenoxy) is 1. The first-order chi connectivity index (χ1) is 9.53. The molecular formula is C14H14N2O3S. The molecule has 0 spiro atoms. The van der Waals surface area contributed by atoms with E-state index >= 15 is 0 Å². The lowest BCUT2D eigenvalue weighted by atomic mass is 10.2. The second-order valence-corrected chi connectivity index (χ2v) is 5.84. The van der Waals surface area contributed by atoms with Gasteiger partial charge < -0.3 is 4.74 Å². The molecule has 0 unspecified atom stereocenters. The molecule has 5 nitrogen and oxygen atoms in total. The van der Waals surface area contributed by atoms with Gasteiger partial charge in [-0.25, -0.2) is 13.2 Å². The van der Waals surface area contributed by atoms with Gasteiger partial charge in [-0.2, -0.15) is 5.10 Å². The molecule has 0 amide bonds. The van der Waals surface area contributed by atoms with Gasteiger partial charge in [0.1, 0.15) is 11.5 Å². The summed E-state index contributed by atoms with van der Waals surface area (Å²) in [5.74, 6) is 1.38. The first-order valence-electron chi connectivity index (χ1n) is 5.86. The molecule has 2 aromatic rings. The van der Waals surface area contributed by atoms with Gasteiger partial charge in [0.15, 0.2) is 0 Å². The number of hydrogen-bond acceptors (Lipinski definition) is 4. The van der Waals surface area contributed by atoms with Crippen molar-refractivity contribution in [3.63, 3.8) is 0 Å². The Labute approximate surface area is 118 Å². The minimum atomic E-state index is -3.33. The summed E-state index contributed by atoms with van der Waals surface area (Å²) in [6.45, 7) is 0. The number of hydrogen-bond donors (Lipinski definition) is 1. The van der Waals surface area contributed by atoms with Crippen molar-refractivity contribution >= 4 is 16.2 Å². The molecule has 1 N–H and O–H groups in total. The number of benzene rings is 2. The molecule has 0 bridgehead atoms. The van der Waals surface area contributed by atoms with Crippen molar-refractivity contribution in [3.05, 3.63) is 60.2 Å². The fraction of sp³-hybridized carbons (Fsp3) is 0.0714. The Bertz CT molecular complexity index is 697. The molecule has 20 heavy (non-hydrogen) atoms. The standard InChI is InChI=1S/C14H14N2O3S/c1-20(17,18)16-15-11-12-6-5-9-14(10-12)19-13-7-3-2-4-8-13/h2-11,16H,1H3. The molecular weight excluding hydrogens is 276 g/mol. The zero-order valence-electron chi connectivity index (χ0n) is 10.9. The molecule has 0 saturated heterocycles. The lowest BCUT2D eigenvalue weighted by Crippen LogP contribution is -2.15. The van der Waals surface area contributed by atoms with Crippen LogP contribution in [0.25, 0.3) is 0 Å². The minimum absolute atomic E-state index is 0.652. The third kappa shape index (κ3) is 4.74. The third-order valence-corrected chi connectivity index (χ3v) is 2.71. The van der Waals surface area contributed by atoms with Crippen molar-refractivity contribution < 1.29 is 13.2 Å². The van der Waals surface area contributed by atoms with Crippen molar-refractivity contribution in [3.8, 4) is 11.5 Å². The topological polar surface area (TPSA) is 67.8 Å². The zero-order chi connectivity index (χ0) is 14.4. The second-order valence-electron chi connectivity index (χ2n) is 4.11. The molecule has 0 aliphatic carbocycles. The number of sulfonamides is 1. The predicted molar refractivity (Wildman–Crippen MR) is 78.5 cm³/mol. The van der Waals surface area contributed by atoms with Crippen molar-refractivity contribution in [2.24, 2.45) is 5.10 Å². The van der Waals surface area contributed by atoms with Crippen LogP contribution in [0.5, 0.6) is 11.5 Å². The van der Waals surface area contributed by atoms with E-state index in [9.17, 15) is 8.42 Å². The van der Waals surface area contributed by atoms with Gasteiger partial charge in [0.25, 0.3) is 0 Å². The first kappa shape index (κ1) is 14.1. The Morgan fingerprint density at radius 3 is 2.45 bits per heavy atom. The lowest BCUT2D eigenvalue weighted by molar-refractivity contribution is 0.482. The quantitative estimate of drug-likeness (QED) is 0.679. The van der Waals surface area contributed by atoms with E-state index in [1.165, 1.54) is 6.21 Å². The van der Waals surface area contributed by atoms with E-state index in [4.69, 9.17) is 4.74 Å². The van der Waals surface area contributed by atoms with Gasteiger partial charge in [-0.05, 0) is 29.8 Å². The van der Waals surface area contributed by atoms with Crippen LogP contribution in [0.2, 0.25) is 0 Å². The van der Waals surface area contributed by atoms with E-state index in [0.717, 1.165) is 17.6 Å². The van der Waals surface area contributed by atoms with E-state index in [2.05, 4.69) is 5.10 Å². The van der Waals surface area contributed by atoms with Crippen molar-refractivity contribution in [1.82, 2.24) is 4.83 Å². The second kappa shape index (κ2) is 6.21. The van der Waals surface area contributed by atoms with Crippen LogP contribution in [0.15, 0.2) is 59.7 Å². The highest BCUT2D eigenvalue weighted by Crippen LogP contribution is 2.21. The Hall–Kier alpha value is -2.34. The normalized spacial score (nSPS) is 11.4. The van der Waals surface area contributed by atoms with E-state index in [-0.39, 0.29) is 0 Å². The van der Waals surface area contributed by atoms with Crippen LogP contribution in [0.4, 0.5) is 0 Å². The van der Waals surface area contributed by atoms with Crippen LogP contribution in [-0.4, -0.2) is 20.9 Å². The predicted octanol–water partition coefficient (Wildman–Crippen LogP) is 2.36. The Morgan fingerprint density at radius 1 is 1.05 bits per heavy atom. The number of nitrogens with one attached hydrogen (secondary N) is 1. The fourth-order valence-corrected chi connectivity index (χ4v) is 1.72. The van der Waals surface area contributed by atoms with Gasteiger partial charge in [0.2, 0.25) is 10.0 Å². The molecule has 0 aliphatic rings. The minimum Gasteiger partial charge on any atom is -0.457 e. The molecule has 104 valence electrons. The average molecular weight is 290 g/mol. The van der Waals surface area contributed by atoms with Gasteiger partial charge in [0.05, 0.1) is 12.5 Å². The van der Waals surface area contributed by atoms with Crippen molar-refractivity contribution in [2.45, 2.75) is 0 Å². The van der Waals surface area contributed by atoms with E-state index in [1.54, 1.807) is 18.2 Å². The first-order valence-corrected chi connectivity index (χ1v) is 7.75. The van der Waals surface area contributed by atoms with Gasteiger partial charge in [-0.15, -0.1) is 0 Å². The molecule has 0 atom stereocenters. The molecule has 0 aromatic heterocycles. The van der Waals surface area contributed by atoms with E-state index < -0.39 is 10.0 Å². The summed E-state index contributed by atoms with van der Waals surface area (Å²) in [6, 6.07) is 16.6. The molecule has 0 heterocycles. The van der Waals surface area contributed by atoms with Crippen LogP contribution >= 0.6 is 0 Å². The molecule has 0 saturated carbocycles. The lowest BCUT2D eigenvalue weighted by Gasteiger charge is -2.05. The van der Waals surface area contributed by atoms with E-state index in [0.29, 0.717) is 5.75 Å². The summed E-state index contributed by atoms with van der Waals surface area (Å²) < 4.78 is 27.4. The maximum Gasteiger partial charge on any atom is 0.244 e. The Morgan fingerprint density at radius 2 is 1.75 bits per heavy atom. The highest BCUT2D eigenvalue weighted by atomic mass is 32.2. The number of hydrazone groups is 1. The van der Waals surface area contributed by atoms with Crippen LogP contribution in [-0.2, 0) is 10.0 Å². The molecule has 0 fully saturated rings. The van der Waals surface area contributed by atoms with Gasteiger partial charge in [0, 0.05) is 0 Å². The smallest absolute Gasteiger partial charge is 0.244 e. The summed E-state index contributed by atoms with van der Waals surface area (Å²) in [5.41, 5.74) is 0.731. The molecule has 0 aliphatic heterocycles. The van der Waals surface area contributed by atoms with Crippen LogP contribution in [0, 0.1) is 0 Å². The summed E-state index contributed by atoms with van der Waals surface area (Å²) in [4.78, 5) is 2.04. The van der Waals surface area contributed by atoms with Gasteiger partial charge in [-0.3, -0.25) is 0 Å². The zero-order valence-corrected chi connectivity index (χ0v) is 11.7. The van der Waals surface area contributed by atoms with Crippen LogP contribution in [0.1, 0.15) is 5.56 Å². The molecule has 2 aromatic carbocycles. The maximum atomic E-state index is 10.9. The van der Waals surface area contributed by atoms with Crippen LogP contribution < -0.4 is 9.57 Å². The highest BCUT2D eigenvalue weighted by molar-refractivity contribution is 7.88. The Balaban J connectivity index is 2.08. The number of nitrogens with zero attached hydrogens (tertiary/aromatic N) is 1. The van der Waals surface area contributed by atoms with E-state index in [1.807, 2.05) is 41.2 Å². The van der Waals surface area contributed by atoms with Gasteiger partial charge >= 0.3 is 0 Å². The maximum absolute atomic E-state index is 10.9. The SMILES string of the molecule is CS(=O)(=O)NN=Cc1cccc(Oc2ccccc2)c1. The van der Waals surface area contributed by atoms with Crippen molar-refractivity contribution in [1.29, 1.82) is 0 Å². The average Bonchev–Trinajstić information content (AvgIpc) is 2.39.